The molecule has 0 saturated heterocycles. The summed E-state index contributed by atoms with van der Waals surface area (Å²) in [5.74, 6) is 1.53. The fraction of sp³-hybridized carbons (Fsp3) is 0.792. The number of ether oxygens (including phenoxy) is 8. The summed E-state index contributed by atoms with van der Waals surface area (Å²) < 4.78 is 41.2. The Balaban J connectivity index is 4.03. The van der Waals surface area contributed by atoms with Crippen LogP contribution in [0.5, 0.6) is 0 Å². The molecule has 1 amide bonds. The molecule has 0 fully saturated rings. The highest BCUT2D eigenvalue weighted by atomic mass is 16.6. The van der Waals surface area contributed by atoms with Crippen LogP contribution in [0.2, 0.25) is 0 Å². The highest BCUT2D eigenvalue weighted by molar-refractivity contribution is 5.76. The van der Waals surface area contributed by atoms with E-state index in [1.165, 1.54) is 14.2 Å². The number of carbonyl (C=O) groups excluding carboxylic acids is 3. The highest BCUT2D eigenvalue weighted by Gasteiger charge is 2.14. The first-order valence-electron chi connectivity index (χ1n) is 11.9. The molecular formula is C24H41NO11. The molecule has 12 heteroatoms. The Kier molecular flexibility index (Phi) is 24.2. The first-order valence-corrected chi connectivity index (χ1v) is 11.9. The molecule has 0 unspecified atom stereocenters. The van der Waals surface area contributed by atoms with Crippen molar-refractivity contribution in [3.05, 3.63) is 0 Å². The smallest absolute Gasteiger partial charge is 0.307 e. The average Bonchev–Trinajstić information content (AvgIpc) is 2.89. The predicted octanol–water partition coefficient (Wildman–Crippen LogP) is 0.0641. The van der Waals surface area contributed by atoms with Crippen molar-refractivity contribution in [3.8, 4) is 12.3 Å². The first kappa shape index (κ1) is 33.7. The van der Waals surface area contributed by atoms with E-state index in [0.717, 1.165) is 0 Å². The fourth-order valence-corrected chi connectivity index (χ4v) is 2.54. The van der Waals surface area contributed by atoms with Gasteiger partial charge in [-0.2, -0.15) is 0 Å². The predicted molar refractivity (Wildman–Crippen MR) is 128 cm³/mol. The van der Waals surface area contributed by atoms with Crippen molar-refractivity contribution in [2.75, 3.05) is 107 Å². The number of hydrogen-bond donors (Lipinski definition) is 0. The summed E-state index contributed by atoms with van der Waals surface area (Å²) in [6.07, 6.45) is 5.54. The summed E-state index contributed by atoms with van der Waals surface area (Å²) in [4.78, 5) is 36.5. The van der Waals surface area contributed by atoms with Gasteiger partial charge in [0.2, 0.25) is 5.91 Å². The minimum absolute atomic E-state index is 0.121. The average molecular weight is 520 g/mol. The SMILES string of the molecule is C#CCOCCOCCOCCOCCC(=O)N(CCOCCC(=O)OC)CCOCCC(=O)OC. The summed E-state index contributed by atoms with van der Waals surface area (Å²) >= 11 is 0. The van der Waals surface area contributed by atoms with Crippen LogP contribution in [-0.4, -0.2) is 129 Å². The normalized spacial score (nSPS) is 10.6. The number of esters is 2. The van der Waals surface area contributed by atoms with Crippen LogP contribution in [0.1, 0.15) is 19.3 Å². The summed E-state index contributed by atoms with van der Waals surface area (Å²) in [6.45, 7) is 4.61. The molecule has 36 heavy (non-hydrogen) atoms. The van der Waals surface area contributed by atoms with E-state index in [9.17, 15) is 14.4 Å². The van der Waals surface area contributed by atoms with Crippen LogP contribution in [0, 0.1) is 12.3 Å². The number of amides is 1. The molecule has 0 spiro atoms. The van der Waals surface area contributed by atoms with Gasteiger partial charge >= 0.3 is 11.9 Å². The molecule has 0 radical (unpaired) electrons. The lowest BCUT2D eigenvalue weighted by Crippen LogP contribution is -2.37. The van der Waals surface area contributed by atoms with Crippen molar-refractivity contribution in [1.82, 2.24) is 4.90 Å². The number of hydrogen-bond acceptors (Lipinski definition) is 11. The Morgan fingerprint density at radius 3 is 1.42 bits per heavy atom. The van der Waals surface area contributed by atoms with Gasteiger partial charge in [0, 0.05) is 13.1 Å². The van der Waals surface area contributed by atoms with Crippen LogP contribution in [0.25, 0.3) is 0 Å². The quantitative estimate of drug-likeness (QED) is 0.0923. The molecule has 12 nitrogen and oxygen atoms in total. The summed E-state index contributed by atoms with van der Waals surface area (Å²) in [5.41, 5.74) is 0. The van der Waals surface area contributed by atoms with E-state index in [-0.39, 0.29) is 76.7 Å². The van der Waals surface area contributed by atoms with Crippen LogP contribution >= 0.6 is 0 Å². The summed E-state index contributed by atoms with van der Waals surface area (Å²) in [7, 11) is 2.62. The van der Waals surface area contributed by atoms with Crippen molar-refractivity contribution >= 4 is 17.8 Å². The fourth-order valence-electron chi connectivity index (χ4n) is 2.54. The zero-order chi connectivity index (χ0) is 26.7. The lowest BCUT2D eigenvalue weighted by molar-refractivity contribution is -0.142. The van der Waals surface area contributed by atoms with Gasteiger partial charge in [-0.15, -0.1) is 6.42 Å². The molecule has 208 valence electrons. The van der Waals surface area contributed by atoms with Crippen LogP contribution in [0.4, 0.5) is 0 Å². The monoisotopic (exact) mass is 519 g/mol. The van der Waals surface area contributed by atoms with Crippen LogP contribution in [0.3, 0.4) is 0 Å². The van der Waals surface area contributed by atoms with E-state index in [1.807, 2.05) is 0 Å². The van der Waals surface area contributed by atoms with Gasteiger partial charge in [0.25, 0.3) is 0 Å². The number of terminal acetylenes is 1. The molecule has 0 atom stereocenters. The second kappa shape index (κ2) is 25.8. The maximum atomic E-state index is 12.6. The first-order chi connectivity index (χ1) is 17.5. The summed E-state index contributed by atoms with van der Waals surface area (Å²) in [6, 6.07) is 0. The van der Waals surface area contributed by atoms with Gasteiger partial charge in [-0.3, -0.25) is 14.4 Å². The van der Waals surface area contributed by atoms with Gasteiger partial charge < -0.3 is 42.8 Å². The molecule has 0 saturated carbocycles. The van der Waals surface area contributed by atoms with E-state index in [4.69, 9.17) is 34.8 Å². The van der Waals surface area contributed by atoms with Gasteiger partial charge in [0.1, 0.15) is 6.61 Å². The zero-order valence-corrected chi connectivity index (χ0v) is 21.5. The number of carbonyl (C=O) groups is 3. The topological polar surface area (TPSA) is 128 Å². The zero-order valence-electron chi connectivity index (χ0n) is 21.5. The molecule has 0 aliphatic rings. The van der Waals surface area contributed by atoms with Gasteiger partial charge in [-0.25, -0.2) is 0 Å². The number of methoxy groups -OCH3 is 2. The molecular weight excluding hydrogens is 478 g/mol. The lowest BCUT2D eigenvalue weighted by Gasteiger charge is -2.23. The Labute approximate surface area is 213 Å². The molecule has 0 bridgehead atoms. The van der Waals surface area contributed by atoms with Gasteiger partial charge in [-0.05, 0) is 0 Å². The Bertz CT molecular complexity index is 583. The van der Waals surface area contributed by atoms with Crippen LogP contribution in [0.15, 0.2) is 0 Å². The van der Waals surface area contributed by atoms with Gasteiger partial charge in [0.05, 0.1) is 106 Å². The van der Waals surface area contributed by atoms with Gasteiger partial charge in [-0.1, -0.05) is 5.92 Å². The highest BCUT2D eigenvalue weighted by Crippen LogP contribution is 1.98. The maximum absolute atomic E-state index is 12.6. The summed E-state index contributed by atoms with van der Waals surface area (Å²) in [5, 5.41) is 0. The van der Waals surface area contributed by atoms with Crippen molar-refractivity contribution in [3.63, 3.8) is 0 Å². The Morgan fingerprint density at radius 1 is 0.583 bits per heavy atom. The molecule has 0 aromatic heterocycles. The number of rotatable bonds is 25. The molecule has 0 N–H and O–H groups in total. The minimum Gasteiger partial charge on any atom is -0.469 e. The molecule has 0 aromatic carbocycles. The van der Waals surface area contributed by atoms with E-state index in [2.05, 4.69) is 15.4 Å². The number of nitrogens with zero attached hydrogens (tertiary/aromatic N) is 1. The van der Waals surface area contributed by atoms with Crippen LogP contribution < -0.4 is 0 Å². The van der Waals surface area contributed by atoms with E-state index in [0.29, 0.717) is 52.7 Å². The molecule has 0 aliphatic heterocycles. The molecule has 0 heterocycles. The third-order valence-electron chi connectivity index (χ3n) is 4.48. The van der Waals surface area contributed by atoms with Crippen molar-refractivity contribution in [2.24, 2.45) is 0 Å². The third-order valence-corrected chi connectivity index (χ3v) is 4.48. The minimum atomic E-state index is -0.360. The lowest BCUT2D eigenvalue weighted by atomic mass is 10.3. The van der Waals surface area contributed by atoms with E-state index >= 15 is 0 Å². The Hall–Kier alpha value is -2.27. The van der Waals surface area contributed by atoms with Crippen LogP contribution in [-0.2, 0) is 52.3 Å². The standard InChI is InChI=1S/C24H41NO11/c1-4-10-31-16-18-35-20-21-36-19-17-34-11-5-22(26)25(8-14-32-12-6-23(27)29-2)9-15-33-13-7-24(28)30-3/h1H,5-21H2,2-3H3. The van der Waals surface area contributed by atoms with Crippen molar-refractivity contribution in [2.45, 2.75) is 19.3 Å². The molecule has 0 aliphatic carbocycles. The molecule has 0 rings (SSSR count). The van der Waals surface area contributed by atoms with E-state index in [1.54, 1.807) is 4.90 Å². The largest absolute Gasteiger partial charge is 0.469 e. The Morgan fingerprint density at radius 2 is 0.972 bits per heavy atom. The maximum Gasteiger partial charge on any atom is 0.307 e. The second-order valence-corrected chi connectivity index (χ2v) is 7.10. The second-order valence-electron chi connectivity index (χ2n) is 7.10. The molecule has 0 aromatic rings. The van der Waals surface area contributed by atoms with Crippen molar-refractivity contribution < 1.29 is 52.3 Å². The van der Waals surface area contributed by atoms with Gasteiger partial charge in [0.15, 0.2) is 0 Å². The van der Waals surface area contributed by atoms with Crippen molar-refractivity contribution in [1.29, 1.82) is 0 Å². The van der Waals surface area contributed by atoms with E-state index < -0.39 is 0 Å². The third kappa shape index (κ3) is 22.2.